The van der Waals surface area contributed by atoms with Crippen LogP contribution in [0.5, 0.6) is 5.75 Å². The third kappa shape index (κ3) is 3.21. The van der Waals surface area contributed by atoms with E-state index in [1.807, 2.05) is 0 Å². The number of carbonyl (C=O) groups is 1. The lowest BCUT2D eigenvalue weighted by Crippen LogP contribution is -2.46. The number of ether oxygens (including phenoxy) is 1. The lowest BCUT2D eigenvalue weighted by molar-refractivity contribution is -0.279. The molecule has 1 amide bonds. The first kappa shape index (κ1) is 21.3. The topological polar surface area (TPSA) is 106 Å². The number of alkyl halides is 3. The summed E-state index contributed by atoms with van der Waals surface area (Å²) in [5.74, 6) is -1.70. The lowest BCUT2D eigenvalue weighted by atomic mass is 9.82. The van der Waals surface area contributed by atoms with Gasteiger partial charge in [0.05, 0.1) is 17.3 Å². The van der Waals surface area contributed by atoms with Crippen LogP contribution in [0.25, 0.3) is 11.3 Å². The van der Waals surface area contributed by atoms with Gasteiger partial charge in [0.2, 0.25) is 11.5 Å². The first-order chi connectivity index (χ1) is 13.3. The van der Waals surface area contributed by atoms with Gasteiger partial charge in [-0.05, 0) is 31.2 Å². The fourth-order valence-corrected chi connectivity index (χ4v) is 3.13. The Kier molecular flexibility index (Phi) is 5.01. The van der Waals surface area contributed by atoms with E-state index >= 15 is 0 Å². The molecular formula is C18H15ClF4N2O4. The van der Waals surface area contributed by atoms with Gasteiger partial charge in [-0.3, -0.25) is 4.79 Å². The standard InChI is InChI=1S/C18H15ClF4N2O4/c1-16(15(24)27)7-29-14-9(16)5-12(17(28,6-26)18(21,22)23)25-13(14)8-2-3-11(20)10(19)4-8/h2-5,26,28H,6-7H2,1H3,(H2,24,27)/t16-,17-/m0/s1. The zero-order valence-corrected chi connectivity index (χ0v) is 15.6. The molecule has 0 bridgehead atoms. The maximum atomic E-state index is 13.5. The summed E-state index contributed by atoms with van der Waals surface area (Å²) in [6.07, 6.45) is -5.29. The molecule has 11 heteroatoms. The summed E-state index contributed by atoms with van der Waals surface area (Å²) in [5.41, 5.74) is -1.00. The number of primary amides is 1. The molecule has 29 heavy (non-hydrogen) atoms. The highest BCUT2D eigenvalue weighted by molar-refractivity contribution is 6.31. The Bertz CT molecular complexity index is 1000. The zero-order chi connectivity index (χ0) is 21.8. The van der Waals surface area contributed by atoms with Crippen LogP contribution in [0, 0.1) is 5.82 Å². The van der Waals surface area contributed by atoms with Crippen LogP contribution >= 0.6 is 11.6 Å². The molecule has 0 fully saturated rings. The predicted octanol–water partition coefficient (Wildman–Crippen LogP) is 2.42. The van der Waals surface area contributed by atoms with Crippen LogP contribution in [0.1, 0.15) is 18.2 Å². The number of carbonyl (C=O) groups excluding carboxylic acids is 1. The number of nitrogens with zero attached hydrogens (tertiary/aromatic N) is 1. The number of aliphatic hydroxyl groups excluding tert-OH is 1. The molecule has 0 unspecified atom stereocenters. The Morgan fingerprint density at radius 3 is 2.55 bits per heavy atom. The molecule has 0 spiro atoms. The van der Waals surface area contributed by atoms with Crippen LogP contribution in [-0.4, -0.2) is 40.5 Å². The Hall–Kier alpha value is -2.43. The number of amides is 1. The van der Waals surface area contributed by atoms with Crippen molar-refractivity contribution in [2.45, 2.75) is 24.1 Å². The van der Waals surface area contributed by atoms with E-state index in [0.717, 1.165) is 18.2 Å². The molecule has 1 aliphatic heterocycles. The van der Waals surface area contributed by atoms with Crippen LogP contribution in [0.15, 0.2) is 24.3 Å². The Morgan fingerprint density at radius 1 is 1.38 bits per heavy atom. The van der Waals surface area contributed by atoms with Crippen molar-refractivity contribution in [2.75, 3.05) is 13.2 Å². The third-order valence-electron chi connectivity index (χ3n) is 4.93. The highest BCUT2D eigenvalue weighted by atomic mass is 35.5. The number of nitrogens with two attached hydrogens (primary N) is 1. The van der Waals surface area contributed by atoms with E-state index in [1.54, 1.807) is 0 Å². The van der Waals surface area contributed by atoms with Gasteiger partial charge < -0.3 is 20.7 Å². The number of hydrogen-bond acceptors (Lipinski definition) is 5. The first-order valence-electron chi connectivity index (χ1n) is 8.19. The molecule has 0 saturated heterocycles. The highest BCUT2D eigenvalue weighted by Crippen LogP contribution is 2.47. The minimum absolute atomic E-state index is 0.0541. The molecule has 2 atom stereocenters. The van der Waals surface area contributed by atoms with E-state index in [0.29, 0.717) is 0 Å². The van der Waals surface area contributed by atoms with E-state index in [2.05, 4.69) is 4.98 Å². The summed E-state index contributed by atoms with van der Waals surface area (Å²) < 4.78 is 59.5. The number of hydrogen-bond donors (Lipinski definition) is 3. The fourth-order valence-electron chi connectivity index (χ4n) is 2.95. The second-order valence-corrected chi connectivity index (χ2v) is 7.27. The van der Waals surface area contributed by atoms with Crippen molar-refractivity contribution >= 4 is 17.5 Å². The Labute approximate surface area is 166 Å². The second-order valence-electron chi connectivity index (χ2n) is 6.86. The molecule has 1 aromatic heterocycles. The van der Waals surface area contributed by atoms with E-state index < -0.39 is 41.2 Å². The molecule has 156 valence electrons. The maximum Gasteiger partial charge on any atom is 0.425 e. The summed E-state index contributed by atoms with van der Waals surface area (Å²) in [6, 6.07) is 4.11. The van der Waals surface area contributed by atoms with E-state index in [9.17, 15) is 32.6 Å². The van der Waals surface area contributed by atoms with Crippen molar-refractivity contribution in [3.05, 3.63) is 46.4 Å². The van der Waals surface area contributed by atoms with Crippen LogP contribution in [0.4, 0.5) is 17.6 Å². The molecule has 0 aliphatic carbocycles. The molecule has 3 rings (SSSR count). The van der Waals surface area contributed by atoms with Crippen LogP contribution < -0.4 is 10.5 Å². The smallest absolute Gasteiger partial charge is 0.425 e. The van der Waals surface area contributed by atoms with Crippen molar-refractivity contribution < 1.29 is 37.3 Å². The number of aliphatic hydroxyl groups is 2. The minimum atomic E-state index is -5.29. The molecular weight excluding hydrogens is 420 g/mol. The molecule has 1 aromatic carbocycles. The van der Waals surface area contributed by atoms with Gasteiger partial charge in [-0.1, -0.05) is 11.6 Å². The molecule has 0 radical (unpaired) electrons. The molecule has 2 aromatic rings. The van der Waals surface area contributed by atoms with E-state index in [-0.39, 0.29) is 34.2 Å². The van der Waals surface area contributed by atoms with Gasteiger partial charge in [0.15, 0.2) is 0 Å². The van der Waals surface area contributed by atoms with Gasteiger partial charge in [-0.15, -0.1) is 0 Å². The van der Waals surface area contributed by atoms with Crippen LogP contribution in [0.3, 0.4) is 0 Å². The summed E-state index contributed by atoms with van der Waals surface area (Å²) in [7, 11) is 0. The summed E-state index contributed by atoms with van der Waals surface area (Å²) in [6.45, 7) is -0.647. The number of halogens is 5. The lowest BCUT2D eigenvalue weighted by Gasteiger charge is -2.29. The van der Waals surface area contributed by atoms with Gasteiger partial charge in [-0.2, -0.15) is 13.2 Å². The van der Waals surface area contributed by atoms with Gasteiger partial charge in [0.1, 0.15) is 29.3 Å². The monoisotopic (exact) mass is 434 g/mol. The number of fused-ring (bicyclic) bond motifs is 1. The quantitative estimate of drug-likeness (QED) is 0.641. The van der Waals surface area contributed by atoms with Gasteiger partial charge >= 0.3 is 6.18 Å². The summed E-state index contributed by atoms with van der Waals surface area (Å²) >= 11 is 5.76. The SMILES string of the molecule is C[C@]1(C(N)=O)COc2c1cc([C@@](O)(CO)C(F)(F)F)nc2-c1ccc(F)c(Cl)c1. The Morgan fingerprint density at radius 2 is 2.03 bits per heavy atom. The predicted molar refractivity (Wildman–Crippen MR) is 93.7 cm³/mol. The second kappa shape index (κ2) is 6.82. The van der Waals surface area contributed by atoms with Crippen molar-refractivity contribution in [3.8, 4) is 17.0 Å². The number of benzene rings is 1. The highest BCUT2D eigenvalue weighted by Gasteiger charge is 2.57. The summed E-state index contributed by atoms with van der Waals surface area (Å²) in [4.78, 5) is 15.8. The molecule has 0 saturated carbocycles. The zero-order valence-electron chi connectivity index (χ0n) is 14.8. The Balaban J connectivity index is 2.36. The average Bonchev–Trinajstić information content (AvgIpc) is 3.00. The summed E-state index contributed by atoms with van der Waals surface area (Å²) in [5, 5.41) is 19.1. The first-order valence-corrected chi connectivity index (χ1v) is 8.57. The van der Waals surface area contributed by atoms with E-state index in [4.69, 9.17) is 22.1 Å². The van der Waals surface area contributed by atoms with E-state index in [1.165, 1.54) is 13.0 Å². The third-order valence-corrected chi connectivity index (χ3v) is 5.22. The van der Waals surface area contributed by atoms with Crippen LogP contribution in [0.2, 0.25) is 5.02 Å². The number of aromatic nitrogens is 1. The van der Waals surface area contributed by atoms with Crippen molar-refractivity contribution in [3.63, 3.8) is 0 Å². The minimum Gasteiger partial charge on any atom is -0.489 e. The van der Waals surface area contributed by atoms with Gasteiger partial charge in [-0.25, -0.2) is 9.37 Å². The molecule has 6 nitrogen and oxygen atoms in total. The maximum absolute atomic E-state index is 13.5. The molecule has 1 aliphatic rings. The van der Waals surface area contributed by atoms with Crippen LogP contribution in [-0.2, 0) is 15.8 Å². The van der Waals surface area contributed by atoms with Crippen molar-refractivity contribution in [1.29, 1.82) is 0 Å². The number of rotatable bonds is 4. The fraction of sp³-hybridized carbons (Fsp3) is 0.333. The molecule has 2 heterocycles. The van der Waals surface area contributed by atoms with Crippen molar-refractivity contribution in [2.24, 2.45) is 5.73 Å². The van der Waals surface area contributed by atoms with Gasteiger partial charge in [0.25, 0.3) is 0 Å². The normalized spacial score (nSPS) is 20.7. The molecule has 4 N–H and O–H groups in total. The average molecular weight is 435 g/mol. The number of pyridine rings is 1. The van der Waals surface area contributed by atoms with Crippen molar-refractivity contribution in [1.82, 2.24) is 4.98 Å². The van der Waals surface area contributed by atoms with Gasteiger partial charge in [0, 0.05) is 11.1 Å². The largest absolute Gasteiger partial charge is 0.489 e.